The van der Waals surface area contributed by atoms with E-state index < -0.39 is 0 Å². The van der Waals surface area contributed by atoms with Crippen molar-refractivity contribution in [2.24, 2.45) is 0 Å². The summed E-state index contributed by atoms with van der Waals surface area (Å²) >= 11 is 0. The highest BCUT2D eigenvalue weighted by atomic mass is 16.5. The van der Waals surface area contributed by atoms with Crippen molar-refractivity contribution < 1.29 is 14.1 Å². The lowest BCUT2D eigenvalue weighted by atomic mass is 10.2. The van der Waals surface area contributed by atoms with Crippen LogP contribution in [0.5, 0.6) is 5.75 Å². The molecule has 0 saturated heterocycles. The maximum atomic E-state index is 13.6. The minimum Gasteiger partial charge on any atom is -0.492 e. The number of hydrogen-bond donors (Lipinski definition) is 1. The highest BCUT2D eigenvalue weighted by Crippen LogP contribution is 2.38. The van der Waals surface area contributed by atoms with Crippen LogP contribution < -0.4 is 15.6 Å². The summed E-state index contributed by atoms with van der Waals surface area (Å²) in [4.78, 5) is 35.7. The third kappa shape index (κ3) is 4.00. The molecule has 36 heavy (non-hydrogen) atoms. The third-order valence-electron chi connectivity index (χ3n) is 6.23. The molecule has 0 spiro atoms. The minimum atomic E-state index is -0.287. The van der Waals surface area contributed by atoms with Crippen LogP contribution in [-0.4, -0.2) is 36.8 Å². The Morgan fingerprint density at radius 1 is 1.17 bits per heavy atom. The van der Waals surface area contributed by atoms with Crippen molar-refractivity contribution >= 4 is 33.5 Å². The summed E-state index contributed by atoms with van der Waals surface area (Å²) in [6.07, 6.45) is 3.61. The third-order valence-corrected chi connectivity index (χ3v) is 6.23. The molecule has 0 unspecified atom stereocenters. The zero-order chi connectivity index (χ0) is 24.6. The number of fused-ring (bicyclic) bond motifs is 3. The second-order valence-corrected chi connectivity index (χ2v) is 8.78. The van der Waals surface area contributed by atoms with Gasteiger partial charge in [0.2, 0.25) is 11.8 Å². The van der Waals surface area contributed by atoms with Gasteiger partial charge in [-0.1, -0.05) is 35.5 Å². The number of carbonyl (C=O) groups excluding carboxylic acids is 1. The Bertz CT molecular complexity index is 1650. The number of anilines is 1. The molecule has 1 amide bonds. The number of hydrogen-bond acceptors (Lipinski definition) is 7. The Morgan fingerprint density at radius 2 is 1.97 bits per heavy atom. The zero-order valence-electron chi connectivity index (χ0n) is 19.7. The second-order valence-electron chi connectivity index (χ2n) is 8.78. The van der Waals surface area contributed by atoms with E-state index in [0.717, 1.165) is 23.7 Å². The molecular formula is C26H24N6O4. The summed E-state index contributed by atoms with van der Waals surface area (Å²) < 4.78 is 14.1. The maximum Gasteiger partial charge on any atom is 0.278 e. The van der Waals surface area contributed by atoms with Crippen molar-refractivity contribution in [1.82, 2.24) is 24.3 Å². The molecule has 182 valence electrons. The van der Waals surface area contributed by atoms with Crippen molar-refractivity contribution in [3.63, 3.8) is 0 Å². The average molecular weight is 485 g/mol. The summed E-state index contributed by atoms with van der Waals surface area (Å²) in [7, 11) is 0. The molecule has 3 heterocycles. The van der Waals surface area contributed by atoms with E-state index in [9.17, 15) is 9.59 Å². The number of nitrogens with one attached hydrogen (secondary N) is 1. The lowest BCUT2D eigenvalue weighted by molar-refractivity contribution is -0.116. The number of nitrogens with zero attached hydrogens (tertiary/aromatic N) is 5. The molecule has 0 radical (unpaired) electrons. The van der Waals surface area contributed by atoms with Gasteiger partial charge in [0.15, 0.2) is 5.82 Å². The molecule has 0 bridgehead atoms. The van der Waals surface area contributed by atoms with Crippen LogP contribution in [0.3, 0.4) is 0 Å². The molecule has 6 rings (SSSR count). The molecule has 2 aromatic carbocycles. The summed E-state index contributed by atoms with van der Waals surface area (Å²) in [5.41, 5.74) is 1.91. The number of benzene rings is 2. The molecule has 0 atom stereocenters. The van der Waals surface area contributed by atoms with Gasteiger partial charge in [-0.3, -0.25) is 14.2 Å². The fourth-order valence-corrected chi connectivity index (χ4v) is 4.40. The Balaban J connectivity index is 1.37. The van der Waals surface area contributed by atoms with Gasteiger partial charge in [0.25, 0.3) is 5.56 Å². The summed E-state index contributed by atoms with van der Waals surface area (Å²) in [6.45, 7) is 2.40. The first kappa shape index (κ1) is 22.0. The van der Waals surface area contributed by atoms with Crippen LogP contribution in [0, 0.1) is 0 Å². The molecule has 1 fully saturated rings. The van der Waals surface area contributed by atoms with Gasteiger partial charge >= 0.3 is 0 Å². The van der Waals surface area contributed by atoms with Crippen molar-refractivity contribution in [3.8, 4) is 5.75 Å². The Hall–Kier alpha value is -4.47. The smallest absolute Gasteiger partial charge is 0.278 e. The van der Waals surface area contributed by atoms with E-state index in [1.165, 1.54) is 10.9 Å². The van der Waals surface area contributed by atoms with Crippen LogP contribution >= 0.6 is 0 Å². The quantitative estimate of drug-likeness (QED) is 0.357. The van der Waals surface area contributed by atoms with E-state index >= 15 is 0 Å². The van der Waals surface area contributed by atoms with Crippen LogP contribution in [-0.2, 0) is 17.9 Å². The van der Waals surface area contributed by atoms with Crippen molar-refractivity contribution in [1.29, 1.82) is 0 Å². The Labute approximate surface area is 205 Å². The van der Waals surface area contributed by atoms with E-state index in [-0.39, 0.29) is 24.6 Å². The molecule has 10 heteroatoms. The van der Waals surface area contributed by atoms with Crippen molar-refractivity contribution in [3.05, 3.63) is 76.9 Å². The fraction of sp³-hybridized carbons (Fsp3) is 0.269. The van der Waals surface area contributed by atoms with E-state index in [0.29, 0.717) is 46.7 Å². The number of ether oxygens (including phenoxy) is 1. The van der Waals surface area contributed by atoms with Crippen LogP contribution in [0.4, 0.5) is 5.69 Å². The molecule has 1 aliphatic rings. The lowest BCUT2D eigenvalue weighted by Crippen LogP contribution is -2.25. The van der Waals surface area contributed by atoms with Crippen molar-refractivity contribution in [2.75, 3.05) is 11.9 Å². The Morgan fingerprint density at radius 3 is 2.81 bits per heavy atom. The van der Waals surface area contributed by atoms with Crippen LogP contribution in [0.15, 0.2) is 64.2 Å². The monoisotopic (exact) mass is 484 g/mol. The number of aromatic nitrogens is 5. The maximum absolute atomic E-state index is 13.6. The van der Waals surface area contributed by atoms with E-state index in [4.69, 9.17) is 9.26 Å². The molecular weight excluding hydrogens is 460 g/mol. The van der Waals surface area contributed by atoms with Crippen molar-refractivity contribution in [2.45, 2.75) is 38.8 Å². The van der Waals surface area contributed by atoms with Crippen LogP contribution in [0.1, 0.15) is 37.4 Å². The molecule has 3 aromatic heterocycles. The summed E-state index contributed by atoms with van der Waals surface area (Å²) in [5.74, 6) is 1.70. The zero-order valence-corrected chi connectivity index (χ0v) is 19.7. The predicted octanol–water partition coefficient (Wildman–Crippen LogP) is 3.70. The standard InChI is InChI=1S/C26H24N6O4/c1-2-35-20-10-6-4-8-18(20)28-21(33)13-32-19-9-5-3-7-17(19)23-24(32)26(34)31(15-27-23)14-22-29-25(30-36-22)16-11-12-16/h3-10,15-16H,2,11-14H2,1H3,(H,28,33). The van der Waals surface area contributed by atoms with Gasteiger partial charge in [0.05, 0.1) is 24.1 Å². The Kier molecular flexibility index (Phi) is 5.48. The predicted molar refractivity (Wildman–Crippen MR) is 133 cm³/mol. The highest BCUT2D eigenvalue weighted by molar-refractivity contribution is 6.06. The fourth-order valence-electron chi connectivity index (χ4n) is 4.40. The molecule has 1 saturated carbocycles. The summed E-state index contributed by atoms with van der Waals surface area (Å²) in [6, 6.07) is 14.8. The van der Waals surface area contributed by atoms with E-state index in [2.05, 4.69) is 20.4 Å². The van der Waals surface area contributed by atoms with Gasteiger partial charge in [-0.2, -0.15) is 4.98 Å². The van der Waals surface area contributed by atoms with Crippen LogP contribution in [0.2, 0.25) is 0 Å². The van der Waals surface area contributed by atoms with Gasteiger partial charge in [0.1, 0.15) is 29.9 Å². The molecule has 10 nitrogen and oxygen atoms in total. The molecule has 1 N–H and O–H groups in total. The molecule has 0 aliphatic heterocycles. The first-order valence-electron chi connectivity index (χ1n) is 11.9. The van der Waals surface area contributed by atoms with Gasteiger partial charge in [0, 0.05) is 11.3 Å². The van der Waals surface area contributed by atoms with E-state index in [1.54, 1.807) is 16.7 Å². The number of rotatable bonds is 8. The summed E-state index contributed by atoms with van der Waals surface area (Å²) in [5, 5.41) is 7.74. The first-order valence-corrected chi connectivity index (χ1v) is 11.9. The van der Waals surface area contributed by atoms with Gasteiger partial charge < -0.3 is 19.1 Å². The van der Waals surface area contributed by atoms with Gasteiger partial charge in [-0.05, 0) is 38.0 Å². The number of amides is 1. The lowest BCUT2D eigenvalue weighted by Gasteiger charge is -2.12. The largest absolute Gasteiger partial charge is 0.492 e. The first-order chi connectivity index (χ1) is 17.6. The van der Waals surface area contributed by atoms with Gasteiger partial charge in [-0.15, -0.1) is 0 Å². The minimum absolute atomic E-state index is 0.0716. The van der Waals surface area contributed by atoms with E-state index in [1.807, 2.05) is 43.3 Å². The molecule has 1 aliphatic carbocycles. The SMILES string of the molecule is CCOc1ccccc1NC(=O)Cn1c2ccccc2c2ncn(Cc3nc(C4CC4)no3)c(=O)c21. The van der Waals surface area contributed by atoms with Gasteiger partial charge in [-0.25, -0.2) is 4.98 Å². The highest BCUT2D eigenvalue weighted by Gasteiger charge is 2.29. The van der Waals surface area contributed by atoms with Crippen LogP contribution in [0.25, 0.3) is 21.9 Å². The average Bonchev–Trinajstić information content (AvgIpc) is 3.55. The topological polar surface area (TPSA) is 117 Å². The number of carbonyl (C=O) groups is 1. The second kappa shape index (κ2) is 8.95. The molecule has 5 aromatic rings. The number of para-hydroxylation sites is 3. The normalized spacial score (nSPS) is 13.4.